The lowest BCUT2D eigenvalue weighted by atomic mass is 10.1. The van der Waals surface area contributed by atoms with Crippen molar-refractivity contribution in [1.82, 2.24) is 25.2 Å². The molecule has 94 valence electrons. The summed E-state index contributed by atoms with van der Waals surface area (Å²) in [5.41, 5.74) is 2.80. The molecule has 0 unspecified atom stereocenters. The van der Waals surface area contributed by atoms with E-state index in [1.54, 1.807) is 6.33 Å². The van der Waals surface area contributed by atoms with E-state index in [1.165, 1.54) is 0 Å². The number of allylic oxidation sites excluding steroid dienone is 2. The number of rotatable bonds is 4. The van der Waals surface area contributed by atoms with Crippen molar-refractivity contribution in [2.45, 2.75) is 0 Å². The van der Waals surface area contributed by atoms with Crippen LogP contribution in [-0.4, -0.2) is 41.0 Å². The Balaban J connectivity index is 2.54. The van der Waals surface area contributed by atoms with Gasteiger partial charge in [-0.1, -0.05) is 0 Å². The van der Waals surface area contributed by atoms with E-state index in [0.29, 0.717) is 0 Å². The lowest BCUT2D eigenvalue weighted by Crippen LogP contribution is -2.04. The first-order valence-electron chi connectivity index (χ1n) is 5.73. The molecule has 0 radical (unpaired) electrons. The Morgan fingerprint density at radius 3 is 2.94 bits per heavy atom. The van der Waals surface area contributed by atoms with Gasteiger partial charge in [0.15, 0.2) is 0 Å². The van der Waals surface area contributed by atoms with E-state index in [2.05, 4.69) is 20.3 Å². The molecule has 5 nitrogen and oxygen atoms in total. The summed E-state index contributed by atoms with van der Waals surface area (Å²) < 4.78 is 0. The summed E-state index contributed by atoms with van der Waals surface area (Å²) in [6, 6.07) is 1.99. The molecule has 0 aromatic carbocycles. The second-order valence-corrected chi connectivity index (χ2v) is 4.13. The van der Waals surface area contributed by atoms with Crippen LogP contribution in [0.25, 0.3) is 16.6 Å². The van der Waals surface area contributed by atoms with Crippen LogP contribution in [0.4, 0.5) is 0 Å². The number of aromatic amines is 1. The van der Waals surface area contributed by atoms with Gasteiger partial charge in [0.05, 0.1) is 5.69 Å². The minimum absolute atomic E-state index is 0.850. The lowest BCUT2D eigenvalue weighted by molar-refractivity contribution is 0.566. The van der Waals surface area contributed by atoms with Crippen molar-refractivity contribution < 1.29 is 0 Å². The van der Waals surface area contributed by atoms with Crippen molar-refractivity contribution in [1.29, 1.82) is 0 Å². The molecule has 0 fully saturated rings. The predicted octanol–water partition coefficient (Wildman–Crippen LogP) is 1.59. The number of hydrogen-bond acceptors (Lipinski definition) is 4. The van der Waals surface area contributed by atoms with Gasteiger partial charge in [-0.2, -0.15) is 0 Å². The highest BCUT2D eigenvalue weighted by Crippen LogP contribution is 2.21. The Bertz CT molecular complexity index is 580. The van der Waals surface area contributed by atoms with E-state index < -0.39 is 0 Å². The molecule has 0 saturated heterocycles. The molecule has 0 spiro atoms. The van der Waals surface area contributed by atoms with Crippen molar-refractivity contribution in [3.05, 3.63) is 42.8 Å². The zero-order valence-electron chi connectivity index (χ0n) is 10.8. The van der Waals surface area contributed by atoms with Crippen molar-refractivity contribution in [3.63, 3.8) is 0 Å². The first kappa shape index (κ1) is 12.2. The molecular formula is C13H17N5. The van der Waals surface area contributed by atoms with E-state index in [4.69, 9.17) is 0 Å². The van der Waals surface area contributed by atoms with Crippen molar-refractivity contribution >= 4 is 16.6 Å². The molecule has 2 heterocycles. The van der Waals surface area contributed by atoms with Gasteiger partial charge < -0.3 is 15.2 Å². The van der Waals surface area contributed by atoms with Crippen LogP contribution in [0, 0.1) is 0 Å². The minimum atomic E-state index is 0.850. The number of nitrogens with zero attached hydrogens (tertiary/aromatic N) is 3. The summed E-state index contributed by atoms with van der Waals surface area (Å²) in [6.07, 6.45) is 9.36. The number of nitrogens with one attached hydrogen (secondary N) is 2. The highest BCUT2D eigenvalue weighted by Gasteiger charge is 2.07. The molecule has 0 aliphatic heterocycles. The zero-order valence-corrected chi connectivity index (χ0v) is 10.8. The summed E-state index contributed by atoms with van der Waals surface area (Å²) in [7, 11) is 5.85. The second-order valence-electron chi connectivity index (χ2n) is 4.13. The second kappa shape index (κ2) is 5.35. The van der Waals surface area contributed by atoms with E-state index in [0.717, 1.165) is 22.3 Å². The SMILES string of the molecule is CNC=CC(=CN(C)C)c1ncnc2[nH]ccc12. The molecule has 0 saturated carbocycles. The van der Waals surface area contributed by atoms with Gasteiger partial charge in [0.2, 0.25) is 0 Å². The lowest BCUT2D eigenvalue weighted by Gasteiger charge is -2.09. The van der Waals surface area contributed by atoms with E-state index in [1.807, 2.05) is 56.8 Å². The minimum Gasteiger partial charge on any atom is -0.394 e. The van der Waals surface area contributed by atoms with Gasteiger partial charge in [-0.3, -0.25) is 0 Å². The van der Waals surface area contributed by atoms with E-state index >= 15 is 0 Å². The van der Waals surface area contributed by atoms with E-state index in [-0.39, 0.29) is 0 Å². The normalized spacial score (nSPS) is 12.3. The maximum Gasteiger partial charge on any atom is 0.141 e. The molecule has 0 aliphatic carbocycles. The fourth-order valence-corrected chi connectivity index (χ4v) is 1.74. The zero-order chi connectivity index (χ0) is 13.0. The van der Waals surface area contributed by atoms with Crippen LogP contribution >= 0.6 is 0 Å². The molecule has 2 N–H and O–H groups in total. The number of hydrogen-bond donors (Lipinski definition) is 2. The maximum atomic E-state index is 4.38. The number of H-pyrrole nitrogens is 1. The maximum absolute atomic E-state index is 4.38. The third kappa shape index (κ3) is 2.51. The predicted molar refractivity (Wildman–Crippen MR) is 73.8 cm³/mol. The van der Waals surface area contributed by atoms with Gasteiger partial charge in [-0.25, -0.2) is 9.97 Å². The van der Waals surface area contributed by atoms with Crippen LogP contribution in [0.3, 0.4) is 0 Å². The molecule has 0 aliphatic rings. The smallest absolute Gasteiger partial charge is 0.141 e. The molecule has 18 heavy (non-hydrogen) atoms. The van der Waals surface area contributed by atoms with Gasteiger partial charge in [0.1, 0.15) is 12.0 Å². The average molecular weight is 243 g/mol. The Hall–Kier alpha value is -2.30. The van der Waals surface area contributed by atoms with Gasteiger partial charge in [0.25, 0.3) is 0 Å². The topological polar surface area (TPSA) is 56.8 Å². The molecule has 0 atom stereocenters. The highest BCUT2D eigenvalue weighted by molar-refractivity contribution is 5.90. The quantitative estimate of drug-likeness (QED) is 0.801. The first-order chi connectivity index (χ1) is 8.72. The largest absolute Gasteiger partial charge is 0.394 e. The Kier molecular flexibility index (Phi) is 3.62. The Labute approximate surface area is 106 Å². The highest BCUT2D eigenvalue weighted by atomic mass is 15.0. The van der Waals surface area contributed by atoms with Crippen LogP contribution in [0.1, 0.15) is 5.69 Å². The molecule has 0 amide bonds. The Morgan fingerprint density at radius 2 is 2.22 bits per heavy atom. The first-order valence-corrected chi connectivity index (χ1v) is 5.73. The number of fused-ring (bicyclic) bond motifs is 1. The van der Waals surface area contributed by atoms with Crippen molar-refractivity contribution in [2.75, 3.05) is 21.1 Å². The molecule has 2 rings (SSSR count). The van der Waals surface area contributed by atoms with Gasteiger partial charge in [-0.15, -0.1) is 0 Å². The van der Waals surface area contributed by atoms with Gasteiger partial charge in [0, 0.05) is 44.5 Å². The third-order valence-corrected chi connectivity index (χ3v) is 2.45. The standard InChI is InChI=1S/C13H17N5/c1-14-6-4-10(8-18(2)3)12-11-5-7-15-13(11)17-9-16-12/h4-9,14H,1-3H3,(H,15,16,17). The fraction of sp³-hybridized carbons (Fsp3) is 0.231. The molecule has 2 aromatic rings. The monoisotopic (exact) mass is 243 g/mol. The Morgan fingerprint density at radius 1 is 1.39 bits per heavy atom. The fourth-order valence-electron chi connectivity index (χ4n) is 1.74. The molecule has 2 aromatic heterocycles. The molecule has 5 heteroatoms. The molecular weight excluding hydrogens is 226 g/mol. The van der Waals surface area contributed by atoms with Crippen molar-refractivity contribution in [3.8, 4) is 0 Å². The van der Waals surface area contributed by atoms with Crippen LogP contribution < -0.4 is 5.32 Å². The van der Waals surface area contributed by atoms with Gasteiger partial charge >= 0.3 is 0 Å². The third-order valence-electron chi connectivity index (χ3n) is 2.45. The number of aromatic nitrogens is 3. The summed E-state index contributed by atoms with van der Waals surface area (Å²) >= 11 is 0. The summed E-state index contributed by atoms with van der Waals surface area (Å²) in [4.78, 5) is 13.7. The summed E-state index contributed by atoms with van der Waals surface area (Å²) in [6.45, 7) is 0. The van der Waals surface area contributed by atoms with Crippen molar-refractivity contribution in [2.24, 2.45) is 0 Å². The molecule has 0 bridgehead atoms. The van der Waals surface area contributed by atoms with Crippen LogP contribution in [0.2, 0.25) is 0 Å². The van der Waals surface area contributed by atoms with Crippen LogP contribution in [0.5, 0.6) is 0 Å². The average Bonchev–Trinajstić information content (AvgIpc) is 2.82. The van der Waals surface area contributed by atoms with E-state index in [9.17, 15) is 0 Å². The van der Waals surface area contributed by atoms with Crippen LogP contribution in [0.15, 0.2) is 37.1 Å². The van der Waals surface area contributed by atoms with Crippen LogP contribution in [-0.2, 0) is 0 Å². The van der Waals surface area contributed by atoms with Gasteiger partial charge in [-0.05, 0) is 18.3 Å². The summed E-state index contributed by atoms with van der Waals surface area (Å²) in [5.74, 6) is 0. The summed E-state index contributed by atoms with van der Waals surface area (Å²) in [5, 5.41) is 4.01.